The first-order chi connectivity index (χ1) is 15.7. The number of benzene rings is 1. The molecule has 0 atom stereocenters. The Hall–Kier alpha value is -3.84. The number of H-pyrrole nitrogens is 1. The predicted octanol–water partition coefficient (Wildman–Crippen LogP) is 3.98. The van der Waals surface area contributed by atoms with Crippen LogP contribution in [-0.4, -0.2) is 57.3 Å². The lowest BCUT2D eigenvalue weighted by molar-refractivity contribution is 0.0303. The third kappa shape index (κ3) is 4.02. The van der Waals surface area contributed by atoms with Crippen molar-refractivity contribution in [3.63, 3.8) is 0 Å². The van der Waals surface area contributed by atoms with Crippen molar-refractivity contribution in [3.8, 4) is 33.8 Å². The van der Waals surface area contributed by atoms with E-state index in [1.165, 1.54) is 0 Å². The Morgan fingerprint density at radius 2 is 1.81 bits per heavy atom. The molecule has 0 bridgehead atoms. The van der Waals surface area contributed by atoms with Crippen molar-refractivity contribution in [1.82, 2.24) is 25.1 Å². The number of aromatic nitrogens is 4. The third-order valence-corrected chi connectivity index (χ3v) is 5.57. The first kappa shape index (κ1) is 20.1. The smallest absolute Gasteiger partial charge is 0.254 e. The Kier molecular flexibility index (Phi) is 5.47. The maximum absolute atomic E-state index is 12.7. The molecule has 0 unspecified atom stereocenters. The molecule has 3 aromatic heterocycles. The molecule has 4 aromatic rings. The molecule has 5 rings (SSSR count). The molecule has 1 fully saturated rings. The largest absolute Gasteiger partial charge is 0.378 e. The summed E-state index contributed by atoms with van der Waals surface area (Å²) in [5.74, 6) is 0.0373. The van der Waals surface area contributed by atoms with E-state index in [9.17, 15) is 4.79 Å². The zero-order chi connectivity index (χ0) is 21.9. The fourth-order valence-corrected chi connectivity index (χ4v) is 3.87. The van der Waals surface area contributed by atoms with E-state index in [1.54, 1.807) is 6.20 Å². The van der Waals surface area contributed by atoms with Gasteiger partial charge in [0.2, 0.25) is 0 Å². The highest BCUT2D eigenvalue weighted by Gasteiger charge is 2.18. The van der Waals surface area contributed by atoms with Crippen molar-refractivity contribution in [3.05, 3.63) is 78.2 Å². The quantitative estimate of drug-likeness (QED) is 0.535. The van der Waals surface area contributed by atoms with Gasteiger partial charge in [0.1, 0.15) is 5.69 Å². The molecule has 0 saturated carbocycles. The van der Waals surface area contributed by atoms with Gasteiger partial charge in [0.05, 0.1) is 24.6 Å². The zero-order valence-electron chi connectivity index (χ0n) is 17.8. The Morgan fingerprint density at radius 1 is 1.00 bits per heavy atom. The van der Waals surface area contributed by atoms with E-state index < -0.39 is 0 Å². The summed E-state index contributed by atoms with van der Waals surface area (Å²) < 4.78 is 5.33. The lowest BCUT2D eigenvalue weighted by atomic mass is 10.0. The van der Waals surface area contributed by atoms with Gasteiger partial charge in [0, 0.05) is 47.9 Å². The first-order valence-electron chi connectivity index (χ1n) is 10.6. The van der Waals surface area contributed by atoms with Crippen LogP contribution >= 0.6 is 0 Å². The van der Waals surface area contributed by atoms with Gasteiger partial charge in [-0.2, -0.15) is 5.10 Å². The summed E-state index contributed by atoms with van der Waals surface area (Å²) in [4.78, 5) is 23.7. The summed E-state index contributed by atoms with van der Waals surface area (Å²) in [5.41, 5.74) is 6.98. The highest BCUT2D eigenvalue weighted by molar-refractivity contribution is 5.94. The van der Waals surface area contributed by atoms with Crippen molar-refractivity contribution in [2.24, 2.45) is 0 Å². The van der Waals surface area contributed by atoms with Gasteiger partial charge in [-0.1, -0.05) is 18.2 Å². The Balaban J connectivity index is 1.42. The summed E-state index contributed by atoms with van der Waals surface area (Å²) >= 11 is 0. The molecular formula is C25H23N5O2. The SMILES string of the molecule is Cc1cccc(-c2n[nH]cc2-c2ccnc(-c3ccc(C(=O)N4CCOCC4)cc3)c2)n1. The summed E-state index contributed by atoms with van der Waals surface area (Å²) in [6.45, 7) is 4.41. The number of morpholine rings is 1. The number of amides is 1. The third-order valence-electron chi connectivity index (χ3n) is 5.57. The van der Waals surface area contributed by atoms with Crippen LogP contribution in [0.25, 0.3) is 33.8 Å². The average molecular weight is 425 g/mol. The van der Waals surface area contributed by atoms with Crippen LogP contribution < -0.4 is 0 Å². The van der Waals surface area contributed by atoms with Crippen LogP contribution in [0.2, 0.25) is 0 Å². The van der Waals surface area contributed by atoms with E-state index in [4.69, 9.17) is 4.74 Å². The number of rotatable bonds is 4. The number of aromatic amines is 1. The molecule has 0 spiro atoms. The minimum Gasteiger partial charge on any atom is -0.378 e. The number of hydrogen-bond acceptors (Lipinski definition) is 5. The monoisotopic (exact) mass is 425 g/mol. The highest BCUT2D eigenvalue weighted by atomic mass is 16.5. The maximum atomic E-state index is 12.7. The molecule has 1 amide bonds. The minimum absolute atomic E-state index is 0.0373. The molecule has 4 heterocycles. The number of pyridine rings is 2. The lowest BCUT2D eigenvalue weighted by Gasteiger charge is -2.26. The number of carbonyl (C=O) groups excluding carboxylic acids is 1. The number of aryl methyl sites for hydroxylation is 1. The van der Waals surface area contributed by atoms with Crippen LogP contribution in [0.15, 0.2) is 67.0 Å². The molecule has 7 heteroatoms. The molecule has 1 aromatic carbocycles. The van der Waals surface area contributed by atoms with E-state index in [2.05, 4.69) is 20.2 Å². The van der Waals surface area contributed by atoms with Crippen molar-refractivity contribution in [2.45, 2.75) is 6.92 Å². The van der Waals surface area contributed by atoms with E-state index in [0.29, 0.717) is 31.9 Å². The topological polar surface area (TPSA) is 84.0 Å². The van der Waals surface area contributed by atoms with E-state index in [1.807, 2.05) is 72.6 Å². The average Bonchev–Trinajstić information content (AvgIpc) is 3.35. The summed E-state index contributed by atoms with van der Waals surface area (Å²) in [5, 5.41) is 7.39. The Morgan fingerprint density at radius 3 is 2.59 bits per heavy atom. The summed E-state index contributed by atoms with van der Waals surface area (Å²) in [7, 11) is 0. The van der Waals surface area contributed by atoms with Gasteiger partial charge >= 0.3 is 0 Å². The van der Waals surface area contributed by atoms with Gasteiger partial charge in [-0.05, 0) is 48.9 Å². The van der Waals surface area contributed by atoms with Crippen molar-refractivity contribution < 1.29 is 9.53 Å². The number of ether oxygens (including phenoxy) is 1. The van der Waals surface area contributed by atoms with E-state index >= 15 is 0 Å². The second-order valence-electron chi connectivity index (χ2n) is 7.72. The van der Waals surface area contributed by atoms with Gasteiger partial charge in [-0.3, -0.25) is 19.9 Å². The standard InChI is InChI=1S/C25H23N5O2/c1-17-3-2-4-22(28-17)24-21(16-27-29-24)20-9-10-26-23(15-20)18-5-7-19(8-6-18)25(31)30-11-13-32-14-12-30/h2-10,15-16H,11-14H2,1H3,(H,27,29). The lowest BCUT2D eigenvalue weighted by Crippen LogP contribution is -2.40. The highest BCUT2D eigenvalue weighted by Crippen LogP contribution is 2.31. The van der Waals surface area contributed by atoms with Gasteiger partial charge in [0.15, 0.2) is 0 Å². The molecule has 1 saturated heterocycles. The fourth-order valence-electron chi connectivity index (χ4n) is 3.87. The van der Waals surface area contributed by atoms with Crippen LogP contribution in [0.5, 0.6) is 0 Å². The van der Waals surface area contributed by atoms with Crippen molar-refractivity contribution in [2.75, 3.05) is 26.3 Å². The maximum Gasteiger partial charge on any atom is 0.254 e. The summed E-state index contributed by atoms with van der Waals surface area (Å²) in [6, 6.07) is 17.5. The molecule has 1 aliphatic heterocycles. The van der Waals surface area contributed by atoms with E-state index in [0.717, 1.165) is 39.5 Å². The normalized spacial score (nSPS) is 13.8. The molecule has 1 aliphatic rings. The van der Waals surface area contributed by atoms with Crippen LogP contribution in [0, 0.1) is 6.92 Å². The Bertz CT molecular complexity index is 1240. The van der Waals surface area contributed by atoms with Gasteiger partial charge < -0.3 is 9.64 Å². The van der Waals surface area contributed by atoms with Crippen molar-refractivity contribution >= 4 is 5.91 Å². The van der Waals surface area contributed by atoms with E-state index in [-0.39, 0.29) is 5.91 Å². The predicted molar refractivity (Wildman–Crippen MR) is 122 cm³/mol. The molecule has 0 radical (unpaired) electrons. The summed E-state index contributed by atoms with van der Waals surface area (Å²) in [6.07, 6.45) is 3.67. The number of hydrogen-bond donors (Lipinski definition) is 1. The molecule has 7 nitrogen and oxygen atoms in total. The van der Waals surface area contributed by atoms with Crippen LogP contribution in [0.4, 0.5) is 0 Å². The molecular weight excluding hydrogens is 402 g/mol. The van der Waals surface area contributed by atoms with Crippen molar-refractivity contribution in [1.29, 1.82) is 0 Å². The van der Waals surface area contributed by atoms with Crippen LogP contribution in [-0.2, 0) is 4.74 Å². The number of carbonyl (C=O) groups is 1. The Labute approximate surface area is 186 Å². The second-order valence-corrected chi connectivity index (χ2v) is 7.72. The molecule has 32 heavy (non-hydrogen) atoms. The molecule has 160 valence electrons. The number of nitrogens with zero attached hydrogens (tertiary/aromatic N) is 4. The fraction of sp³-hybridized carbons (Fsp3) is 0.200. The van der Waals surface area contributed by atoms with Crippen LogP contribution in [0.1, 0.15) is 16.1 Å². The minimum atomic E-state index is 0.0373. The number of nitrogens with one attached hydrogen (secondary N) is 1. The zero-order valence-corrected chi connectivity index (χ0v) is 17.8. The van der Waals surface area contributed by atoms with Gasteiger partial charge in [0.25, 0.3) is 5.91 Å². The first-order valence-corrected chi connectivity index (χ1v) is 10.6. The van der Waals surface area contributed by atoms with Gasteiger partial charge in [-0.15, -0.1) is 0 Å². The molecule has 1 N–H and O–H groups in total. The van der Waals surface area contributed by atoms with Crippen LogP contribution in [0.3, 0.4) is 0 Å². The molecule has 0 aliphatic carbocycles. The second kappa shape index (κ2) is 8.72. The van der Waals surface area contributed by atoms with Gasteiger partial charge in [-0.25, -0.2) is 0 Å².